The Morgan fingerprint density at radius 3 is 3.00 bits per heavy atom. The standard InChI is InChI=1S/C14H16F2N2S/c1-8-5-6-10(15)13(12(8)16)18-14-17-11-4-2-3-9(11)7-19-14/h5-6,9,11H,2-4,7H2,1H3,(H,17,18). The number of fused-ring (bicyclic) bond motifs is 1. The van der Waals surface area contributed by atoms with Gasteiger partial charge in [-0.1, -0.05) is 24.2 Å². The lowest BCUT2D eigenvalue weighted by Gasteiger charge is -2.23. The highest BCUT2D eigenvalue weighted by Gasteiger charge is 2.31. The summed E-state index contributed by atoms with van der Waals surface area (Å²) in [7, 11) is 0. The number of nitrogens with one attached hydrogen (secondary N) is 1. The highest BCUT2D eigenvalue weighted by Crippen LogP contribution is 2.36. The molecule has 3 rings (SSSR count). The molecule has 2 unspecified atom stereocenters. The third kappa shape index (κ3) is 2.48. The Morgan fingerprint density at radius 2 is 2.16 bits per heavy atom. The van der Waals surface area contributed by atoms with Crippen LogP contribution in [-0.4, -0.2) is 17.0 Å². The van der Waals surface area contributed by atoms with Gasteiger partial charge >= 0.3 is 0 Å². The van der Waals surface area contributed by atoms with Gasteiger partial charge in [-0.15, -0.1) is 0 Å². The Kier molecular flexibility index (Phi) is 3.48. The molecule has 1 fully saturated rings. The average molecular weight is 282 g/mol. The second kappa shape index (κ2) is 5.12. The molecular formula is C14H16F2N2S. The van der Waals surface area contributed by atoms with E-state index in [0.717, 1.165) is 12.2 Å². The number of hydrogen-bond donors (Lipinski definition) is 1. The number of nitrogens with zero attached hydrogens (tertiary/aromatic N) is 1. The van der Waals surface area contributed by atoms with E-state index in [1.54, 1.807) is 18.7 Å². The normalized spacial score (nSPS) is 25.9. The van der Waals surface area contributed by atoms with E-state index in [0.29, 0.717) is 22.7 Å². The summed E-state index contributed by atoms with van der Waals surface area (Å²) in [4.78, 5) is 4.59. The highest BCUT2D eigenvalue weighted by molar-refractivity contribution is 8.14. The molecule has 5 heteroatoms. The molecule has 1 N–H and O–H groups in total. The van der Waals surface area contributed by atoms with Crippen LogP contribution in [0.4, 0.5) is 14.5 Å². The first-order chi connectivity index (χ1) is 9.15. The molecule has 0 amide bonds. The molecule has 1 aliphatic carbocycles. The average Bonchev–Trinajstić information content (AvgIpc) is 2.86. The van der Waals surface area contributed by atoms with Crippen LogP contribution in [0.3, 0.4) is 0 Å². The van der Waals surface area contributed by atoms with Gasteiger partial charge in [0.1, 0.15) is 11.5 Å². The Bertz CT molecular complexity index is 530. The topological polar surface area (TPSA) is 24.4 Å². The van der Waals surface area contributed by atoms with E-state index in [-0.39, 0.29) is 5.69 Å². The van der Waals surface area contributed by atoms with Gasteiger partial charge in [-0.25, -0.2) is 8.78 Å². The van der Waals surface area contributed by atoms with E-state index < -0.39 is 11.6 Å². The zero-order chi connectivity index (χ0) is 13.4. The smallest absolute Gasteiger partial charge is 0.161 e. The number of rotatable bonds is 1. The van der Waals surface area contributed by atoms with Crippen LogP contribution in [0.15, 0.2) is 17.1 Å². The van der Waals surface area contributed by atoms with Crippen molar-refractivity contribution < 1.29 is 8.78 Å². The van der Waals surface area contributed by atoms with Gasteiger partial charge in [0.25, 0.3) is 0 Å². The van der Waals surface area contributed by atoms with E-state index >= 15 is 0 Å². The van der Waals surface area contributed by atoms with Gasteiger partial charge in [0.15, 0.2) is 11.0 Å². The predicted molar refractivity (Wildman–Crippen MR) is 75.7 cm³/mol. The third-order valence-electron chi connectivity index (χ3n) is 3.85. The lowest BCUT2D eigenvalue weighted by Crippen LogP contribution is -2.25. The fraction of sp³-hybridized carbons (Fsp3) is 0.500. The summed E-state index contributed by atoms with van der Waals surface area (Å²) >= 11 is 1.56. The van der Waals surface area contributed by atoms with Crippen LogP contribution in [0.1, 0.15) is 24.8 Å². The molecule has 1 aromatic rings. The van der Waals surface area contributed by atoms with E-state index in [2.05, 4.69) is 10.3 Å². The number of aryl methyl sites for hydroxylation is 1. The van der Waals surface area contributed by atoms with Gasteiger partial charge in [0, 0.05) is 5.75 Å². The molecule has 19 heavy (non-hydrogen) atoms. The fourth-order valence-electron chi connectivity index (χ4n) is 2.70. The molecule has 0 bridgehead atoms. The molecule has 1 aliphatic heterocycles. The fourth-order valence-corrected chi connectivity index (χ4v) is 3.85. The first-order valence-electron chi connectivity index (χ1n) is 6.57. The van der Waals surface area contributed by atoms with Crippen molar-refractivity contribution in [1.29, 1.82) is 0 Å². The van der Waals surface area contributed by atoms with Crippen molar-refractivity contribution in [2.75, 3.05) is 11.1 Å². The van der Waals surface area contributed by atoms with Gasteiger partial charge in [-0.05, 0) is 37.3 Å². The molecule has 1 aromatic carbocycles. The first kappa shape index (κ1) is 12.9. The van der Waals surface area contributed by atoms with Gasteiger partial charge in [-0.3, -0.25) is 4.99 Å². The molecular weight excluding hydrogens is 266 g/mol. The maximum absolute atomic E-state index is 13.9. The predicted octanol–water partition coefficient (Wildman–Crippen LogP) is 3.96. The molecule has 1 heterocycles. The second-order valence-corrected chi connectivity index (χ2v) is 6.19. The minimum absolute atomic E-state index is 0.0808. The minimum atomic E-state index is -0.569. The van der Waals surface area contributed by atoms with Crippen molar-refractivity contribution in [2.45, 2.75) is 32.2 Å². The zero-order valence-corrected chi connectivity index (χ0v) is 11.6. The summed E-state index contributed by atoms with van der Waals surface area (Å²) in [5.74, 6) is 0.533. The van der Waals surface area contributed by atoms with Gasteiger partial charge in [-0.2, -0.15) is 0 Å². The molecule has 2 aliphatic rings. The molecule has 2 nitrogen and oxygen atoms in total. The largest absolute Gasteiger partial charge is 0.330 e. The Morgan fingerprint density at radius 1 is 1.32 bits per heavy atom. The maximum atomic E-state index is 13.9. The van der Waals surface area contributed by atoms with E-state index in [9.17, 15) is 8.78 Å². The van der Waals surface area contributed by atoms with Crippen LogP contribution < -0.4 is 5.32 Å². The number of benzene rings is 1. The van der Waals surface area contributed by atoms with Crippen molar-refractivity contribution in [2.24, 2.45) is 10.9 Å². The van der Waals surface area contributed by atoms with Gasteiger partial charge in [0.05, 0.1) is 6.04 Å². The SMILES string of the molecule is Cc1ccc(F)c(NC2=NC3CCCC3CS2)c1F. The molecule has 0 aromatic heterocycles. The summed E-state index contributed by atoms with van der Waals surface area (Å²) < 4.78 is 27.6. The molecule has 2 atom stereocenters. The molecule has 0 radical (unpaired) electrons. The van der Waals surface area contributed by atoms with Crippen molar-refractivity contribution in [3.63, 3.8) is 0 Å². The first-order valence-corrected chi connectivity index (χ1v) is 7.56. The van der Waals surface area contributed by atoms with Crippen molar-refractivity contribution in [1.82, 2.24) is 0 Å². The number of aliphatic imine (C=N–C) groups is 1. The summed E-state index contributed by atoms with van der Waals surface area (Å²) in [6.45, 7) is 1.63. The monoisotopic (exact) mass is 282 g/mol. The molecule has 0 spiro atoms. The lowest BCUT2D eigenvalue weighted by molar-refractivity contribution is 0.535. The van der Waals surface area contributed by atoms with Gasteiger partial charge in [0.2, 0.25) is 0 Å². The summed E-state index contributed by atoms with van der Waals surface area (Å²) in [5.41, 5.74) is 0.353. The second-order valence-electron chi connectivity index (χ2n) is 5.18. The quantitative estimate of drug-likeness (QED) is 0.843. The molecule has 1 saturated carbocycles. The van der Waals surface area contributed by atoms with Crippen LogP contribution in [-0.2, 0) is 0 Å². The van der Waals surface area contributed by atoms with Crippen molar-refractivity contribution >= 4 is 22.6 Å². The number of anilines is 1. The lowest BCUT2D eigenvalue weighted by atomic mass is 10.1. The van der Waals surface area contributed by atoms with Crippen LogP contribution in [0, 0.1) is 24.5 Å². The third-order valence-corrected chi connectivity index (χ3v) is 4.93. The summed E-state index contributed by atoms with van der Waals surface area (Å²) in [6, 6.07) is 3.06. The van der Waals surface area contributed by atoms with Crippen LogP contribution in [0.5, 0.6) is 0 Å². The summed E-state index contributed by atoms with van der Waals surface area (Å²) in [6.07, 6.45) is 3.52. The van der Waals surface area contributed by atoms with Crippen molar-refractivity contribution in [3.8, 4) is 0 Å². The van der Waals surface area contributed by atoms with Crippen LogP contribution >= 0.6 is 11.8 Å². The highest BCUT2D eigenvalue weighted by atomic mass is 32.2. The van der Waals surface area contributed by atoms with Crippen LogP contribution in [0.25, 0.3) is 0 Å². The molecule has 102 valence electrons. The number of thioether (sulfide) groups is 1. The van der Waals surface area contributed by atoms with Gasteiger partial charge < -0.3 is 5.32 Å². The Balaban J connectivity index is 1.84. The van der Waals surface area contributed by atoms with E-state index in [4.69, 9.17) is 0 Å². The van der Waals surface area contributed by atoms with Crippen LogP contribution in [0.2, 0.25) is 0 Å². The van der Waals surface area contributed by atoms with E-state index in [1.807, 2.05) is 0 Å². The Labute approximate surface area is 115 Å². The zero-order valence-electron chi connectivity index (χ0n) is 10.7. The number of hydrogen-bond acceptors (Lipinski definition) is 3. The summed E-state index contributed by atoms with van der Waals surface area (Å²) in [5, 5.41) is 3.48. The number of amidine groups is 1. The number of halogens is 2. The Hall–Kier alpha value is -1.10. The van der Waals surface area contributed by atoms with E-state index in [1.165, 1.54) is 25.0 Å². The minimum Gasteiger partial charge on any atom is -0.330 e. The van der Waals surface area contributed by atoms with Crippen molar-refractivity contribution in [3.05, 3.63) is 29.3 Å². The molecule has 0 saturated heterocycles. The maximum Gasteiger partial charge on any atom is 0.161 e.